The number of nitrogens with zero attached hydrogens (tertiary/aromatic N) is 2. The van der Waals surface area contributed by atoms with E-state index in [9.17, 15) is 21.6 Å². The Morgan fingerprint density at radius 2 is 2.00 bits per heavy atom. The summed E-state index contributed by atoms with van der Waals surface area (Å²) in [5, 5.41) is 0. The molecule has 0 radical (unpaired) electrons. The summed E-state index contributed by atoms with van der Waals surface area (Å²) >= 11 is 0. The summed E-state index contributed by atoms with van der Waals surface area (Å²) in [5.41, 5.74) is -1.12. The van der Waals surface area contributed by atoms with E-state index in [2.05, 4.69) is 4.98 Å². The first kappa shape index (κ1) is 16.2. The van der Waals surface area contributed by atoms with E-state index < -0.39 is 21.9 Å². The van der Waals surface area contributed by atoms with Gasteiger partial charge in [-0.3, -0.25) is 4.98 Å². The van der Waals surface area contributed by atoms with E-state index >= 15 is 0 Å². The Kier molecular flexibility index (Phi) is 4.27. The lowest BCUT2D eigenvalue weighted by Crippen LogP contribution is -2.50. The lowest BCUT2D eigenvalue weighted by molar-refractivity contribution is -0.141. The lowest BCUT2D eigenvalue weighted by atomic mass is 10.2. The van der Waals surface area contributed by atoms with Crippen LogP contribution in [0.4, 0.5) is 13.2 Å². The Bertz CT molecular complexity index is 601. The molecule has 2 heterocycles. The number of alkyl halides is 3. The van der Waals surface area contributed by atoms with Crippen molar-refractivity contribution < 1.29 is 26.3 Å². The molecule has 0 unspecified atom stereocenters. The highest BCUT2D eigenvalue weighted by Crippen LogP contribution is 2.29. The number of hydrogen-bond acceptors (Lipinski definition) is 4. The van der Waals surface area contributed by atoms with Crippen LogP contribution in [0.15, 0.2) is 23.2 Å². The van der Waals surface area contributed by atoms with Crippen LogP contribution in [0.5, 0.6) is 0 Å². The van der Waals surface area contributed by atoms with Crippen molar-refractivity contribution in [3.8, 4) is 0 Å². The molecule has 0 N–H and O–H groups in total. The topological polar surface area (TPSA) is 59.5 Å². The van der Waals surface area contributed by atoms with Crippen LogP contribution in [0, 0.1) is 0 Å². The quantitative estimate of drug-likeness (QED) is 0.834. The molecule has 1 aliphatic rings. The molecule has 1 fully saturated rings. The van der Waals surface area contributed by atoms with E-state index in [1.54, 1.807) is 13.8 Å². The smallest absolute Gasteiger partial charge is 0.375 e. The van der Waals surface area contributed by atoms with Gasteiger partial charge in [-0.05, 0) is 26.0 Å². The van der Waals surface area contributed by atoms with E-state index in [1.807, 2.05) is 0 Å². The van der Waals surface area contributed by atoms with Crippen LogP contribution in [0.3, 0.4) is 0 Å². The molecule has 2 atom stereocenters. The lowest BCUT2D eigenvalue weighted by Gasteiger charge is -2.35. The Labute approximate surface area is 120 Å². The molecule has 2 rings (SSSR count). The van der Waals surface area contributed by atoms with Crippen molar-refractivity contribution >= 4 is 10.0 Å². The van der Waals surface area contributed by atoms with Crippen molar-refractivity contribution in [2.75, 3.05) is 13.2 Å². The maximum Gasteiger partial charge on any atom is 0.433 e. The molecular weight excluding hydrogens is 309 g/mol. The van der Waals surface area contributed by atoms with Crippen molar-refractivity contribution in [2.24, 2.45) is 0 Å². The Morgan fingerprint density at radius 3 is 2.52 bits per heavy atom. The summed E-state index contributed by atoms with van der Waals surface area (Å²) in [5.74, 6) is 0. The second kappa shape index (κ2) is 5.54. The molecule has 1 aliphatic heterocycles. The summed E-state index contributed by atoms with van der Waals surface area (Å²) in [6.45, 7) is 3.82. The second-order valence-electron chi connectivity index (χ2n) is 4.94. The van der Waals surface area contributed by atoms with Gasteiger partial charge in [0.1, 0.15) is 10.6 Å². The molecule has 0 amide bonds. The first-order valence-electron chi connectivity index (χ1n) is 6.29. The summed E-state index contributed by atoms with van der Waals surface area (Å²) in [4.78, 5) is 2.94. The predicted molar refractivity (Wildman–Crippen MR) is 68.0 cm³/mol. The van der Waals surface area contributed by atoms with Crippen LogP contribution in [-0.4, -0.2) is 43.0 Å². The molecule has 9 heteroatoms. The van der Waals surface area contributed by atoms with Gasteiger partial charge in [-0.2, -0.15) is 17.5 Å². The van der Waals surface area contributed by atoms with Crippen molar-refractivity contribution in [1.82, 2.24) is 9.29 Å². The maximum absolute atomic E-state index is 12.5. The van der Waals surface area contributed by atoms with Crippen LogP contribution in [0.1, 0.15) is 19.5 Å². The van der Waals surface area contributed by atoms with Gasteiger partial charge in [0, 0.05) is 18.8 Å². The fourth-order valence-electron chi connectivity index (χ4n) is 2.04. The van der Waals surface area contributed by atoms with Crippen molar-refractivity contribution in [1.29, 1.82) is 0 Å². The average Bonchev–Trinajstić information content (AvgIpc) is 2.40. The molecule has 0 bridgehead atoms. The summed E-state index contributed by atoms with van der Waals surface area (Å²) in [6.07, 6.45) is -4.12. The van der Waals surface area contributed by atoms with Gasteiger partial charge in [0.05, 0.1) is 12.7 Å². The standard InChI is InChI=1S/C12H15F3N2O3S/c1-8-7-20-9(2)6-17(8)21(18,19)10-3-4-11(16-5-10)12(13,14)15/h3-5,8-9H,6-7H2,1-2H3/t8-,9-/m1/s1. The SMILES string of the molecule is C[C@@H]1CN(S(=O)(=O)c2ccc(C(F)(F)F)nc2)[C@H](C)CO1. The number of aromatic nitrogens is 1. The molecule has 0 aliphatic carbocycles. The van der Waals surface area contributed by atoms with E-state index in [0.717, 1.165) is 12.3 Å². The van der Waals surface area contributed by atoms with E-state index in [1.165, 1.54) is 4.31 Å². The number of hydrogen-bond donors (Lipinski definition) is 0. The fourth-order valence-corrected chi connectivity index (χ4v) is 3.68. The molecule has 0 saturated carbocycles. The second-order valence-corrected chi connectivity index (χ2v) is 6.84. The minimum absolute atomic E-state index is 0.157. The zero-order chi connectivity index (χ0) is 15.8. The predicted octanol–water partition coefficient (Wildman–Crippen LogP) is 1.90. The summed E-state index contributed by atoms with van der Waals surface area (Å²) < 4.78 is 68.8. The van der Waals surface area contributed by atoms with Gasteiger partial charge < -0.3 is 4.74 Å². The third kappa shape index (κ3) is 3.35. The van der Waals surface area contributed by atoms with Gasteiger partial charge >= 0.3 is 6.18 Å². The highest BCUT2D eigenvalue weighted by molar-refractivity contribution is 7.89. The number of morpholine rings is 1. The fraction of sp³-hybridized carbons (Fsp3) is 0.583. The third-order valence-electron chi connectivity index (χ3n) is 3.18. The Hall–Kier alpha value is -1.19. The minimum atomic E-state index is -4.59. The zero-order valence-corrected chi connectivity index (χ0v) is 12.3. The number of rotatable bonds is 2. The largest absolute Gasteiger partial charge is 0.433 e. The van der Waals surface area contributed by atoms with Crippen molar-refractivity contribution in [2.45, 2.75) is 37.1 Å². The molecule has 5 nitrogen and oxygen atoms in total. The highest BCUT2D eigenvalue weighted by atomic mass is 32.2. The maximum atomic E-state index is 12.5. The van der Waals surface area contributed by atoms with Crippen molar-refractivity contribution in [3.63, 3.8) is 0 Å². The van der Waals surface area contributed by atoms with E-state index in [0.29, 0.717) is 6.07 Å². The summed E-state index contributed by atoms with van der Waals surface area (Å²) in [7, 11) is -3.88. The van der Waals surface area contributed by atoms with Crippen molar-refractivity contribution in [3.05, 3.63) is 24.0 Å². The molecule has 1 aromatic rings. The zero-order valence-electron chi connectivity index (χ0n) is 11.5. The van der Waals surface area contributed by atoms with Crippen LogP contribution in [0.25, 0.3) is 0 Å². The number of pyridine rings is 1. The van der Waals surface area contributed by atoms with Gasteiger partial charge in [0.25, 0.3) is 0 Å². The molecule has 0 aromatic carbocycles. The van der Waals surface area contributed by atoms with Gasteiger partial charge in [0.15, 0.2) is 0 Å². The Balaban J connectivity index is 2.31. The molecule has 1 saturated heterocycles. The van der Waals surface area contributed by atoms with Gasteiger partial charge in [-0.15, -0.1) is 0 Å². The third-order valence-corrected chi connectivity index (χ3v) is 5.15. The average molecular weight is 324 g/mol. The Morgan fingerprint density at radius 1 is 1.33 bits per heavy atom. The number of sulfonamides is 1. The first-order valence-corrected chi connectivity index (χ1v) is 7.73. The molecular formula is C12H15F3N2O3S. The van der Waals surface area contributed by atoms with Crippen LogP contribution in [-0.2, 0) is 20.9 Å². The normalized spacial score (nSPS) is 25.0. The minimum Gasteiger partial charge on any atom is -0.375 e. The van der Waals surface area contributed by atoms with E-state index in [4.69, 9.17) is 4.74 Å². The van der Waals surface area contributed by atoms with E-state index in [-0.39, 0.29) is 30.2 Å². The molecule has 1 aromatic heterocycles. The highest BCUT2D eigenvalue weighted by Gasteiger charge is 2.36. The summed E-state index contributed by atoms with van der Waals surface area (Å²) in [6, 6.07) is 1.22. The van der Waals surface area contributed by atoms with Gasteiger partial charge in [0.2, 0.25) is 10.0 Å². The number of halogens is 3. The molecule has 21 heavy (non-hydrogen) atoms. The molecule has 118 valence electrons. The van der Waals surface area contributed by atoms with Crippen LogP contribution < -0.4 is 0 Å². The van der Waals surface area contributed by atoms with Crippen LogP contribution in [0.2, 0.25) is 0 Å². The number of ether oxygens (including phenoxy) is 1. The van der Waals surface area contributed by atoms with Gasteiger partial charge in [-0.1, -0.05) is 0 Å². The molecule has 0 spiro atoms. The van der Waals surface area contributed by atoms with Crippen LogP contribution >= 0.6 is 0 Å². The first-order chi connectivity index (χ1) is 9.62. The monoisotopic (exact) mass is 324 g/mol. The van der Waals surface area contributed by atoms with Gasteiger partial charge in [-0.25, -0.2) is 8.42 Å².